The summed E-state index contributed by atoms with van der Waals surface area (Å²) in [5.74, 6) is 1.33. The highest BCUT2D eigenvalue weighted by Gasteiger charge is 2.10. The predicted octanol–water partition coefficient (Wildman–Crippen LogP) is 4.99. The van der Waals surface area contributed by atoms with Crippen molar-refractivity contribution in [1.29, 1.82) is 0 Å². The van der Waals surface area contributed by atoms with Crippen LogP contribution in [-0.4, -0.2) is 29.7 Å². The van der Waals surface area contributed by atoms with Crippen LogP contribution in [0.5, 0.6) is 0 Å². The van der Waals surface area contributed by atoms with Gasteiger partial charge in [-0.2, -0.15) is 5.10 Å². The summed E-state index contributed by atoms with van der Waals surface area (Å²) in [5, 5.41) is 14.4. The second-order valence-corrected chi connectivity index (χ2v) is 8.37. The first-order chi connectivity index (χ1) is 16.0. The van der Waals surface area contributed by atoms with Gasteiger partial charge in [-0.1, -0.05) is 29.8 Å². The number of fused-ring (bicyclic) bond motifs is 1. The summed E-state index contributed by atoms with van der Waals surface area (Å²) in [7, 11) is 2.03. The zero-order chi connectivity index (χ0) is 22.8. The van der Waals surface area contributed by atoms with Crippen LogP contribution in [-0.2, 0) is 20.0 Å². The number of hydrogen-bond donors (Lipinski definition) is 3. The first-order valence-electron chi connectivity index (χ1n) is 10.6. The Balaban J connectivity index is 1.25. The minimum Gasteiger partial charge on any atom is -0.352 e. The fraction of sp³-hybridized carbons (Fsp3) is 0.167. The first-order valence-corrected chi connectivity index (χ1v) is 10.9. The van der Waals surface area contributed by atoms with E-state index in [4.69, 9.17) is 16.6 Å². The van der Waals surface area contributed by atoms with Gasteiger partial charge in [0, 0.05) is 31.4 Å². The molecule has 0 spiro atoms. The van der Waals surface area contributed by atoms with E-state index in [1.54, 1.807) is 12.4 Å². The largest absolute Gasteiger partial charge is 0.352 e. The van der Waals surface area contributed by atoms with E-state index >= 15 is 0 Å². The minimum atomic E-state index is 0.506. The summed E-state index contributed by atoms with van der Waals surface area (Å²) in [6, 6.07) is 16.5. The van der Waals surface area contributed by atoms with Gasteiger partial charge in [-0.05, 0) is 48.4 Å². The Kier molecular flexibility index (Phi) is 5.66. The number of anilines is 3. The van der Waals surface area contributed by atoms with Crippen LogP contribution in [0.25, 0.3) is 11.0 Å². The molecule has 0 radical (unpaired) electrons. The van der Waals surface area contributed by atoms with Gasteiger partial charge in [0.15, 0.2) is 0 Å². The normalized spacial score (nSPS) is 11.1. The maximum Gasteiger partial charge on any atom is 0.227 e. The molecule has 0 saturated carbocycles. The van der Waals surface area contributed by atoms with E-state index in [0.29, 0.717) is 17.5 Å². The first kappa shape index (κ1) is 21.0. The average Bonchev–Trinajstić information content (AvgIpc) is 3.37. The summed E-state index contributed by atoms with van der Waals surface area (Å²) in [6.45, 7) is 2.67. The molecule has 0 amide bonds. The van der Waals surface area contributed by atoms with Crippen molar-refractivity contribution in [3.8, 4) is 0 Å². The third-order valence-electron chi connectivity index (χ3n) is 5.37. The number of aromatic amines is 1. The molecule has 0 saturated heterocycles. The van der Waals surface area contributed by atoms with E-state index in [-0.39, 0.29) is 0 Å². The molecule has 5 rings (SSSR count). The number of halogens is 1. The lowest BCUT2D eigenvalue weighted by molar-refractivity contribution is 0.926. The lowest BCUT2D eigenvalue weighted by Crippen LogP contribution is -2.05. The number of imidazole rings is 1. The summed E-state index contributed by atoms with van der Waals surface area (Å²) in [4.78, 5) is 13.1. The standard InChI is InChI=1S/C24H23ClN8/c1-15-9-20(32-31-15)10-17-5-8-21-22(11-17)33(2)24(30-21)28-12-16-3-6-19(7-4-16)29-23-26-13-18(25)14-27-23/h3-9,11,13-14H,10,12H2,1-2H3,(H,28,30)(H,31,32)(H,26,27,29). The van der Waals surface area contributed by atoms with Gasteiger partial charge in [-0.15, -0.1) is 0 Å². The quantitative estimate of drug-likeness (QED) is 0.318. The molecule has 166 valence electrons. The van der Waals surface area contributed by atoms with Crippen molar-refractivity contribution in [3.63, 3.8) is 0 Å². The van der Waals surface area contributed by atoms with Crippen molar-refractivity contribution in [2.75, 3.05) is 10.6 Å². The molecular weight excluding hydrogens is 436 g/mol. The van der Waals surface area contributed by atoms with E-state index in [0.717, 1.165) is 46.0 Å². The lowest BCUT2D eigenvalue weighted by Gasteiger charge is -2.08. The smallest absolute Gasteiger partial charge is 0.227 e. The van der Waals surface area contributed by atoms with Crippen LogP contribution in [0.15, 0.2) is 60.9 Å². The van der Waals surface area contributed by atoms with Gasteiger partial charge in [0.05, 0.1) is 34.1 Å². The Bertz CT molecular complexity index is 1390. The number of nitrogens with one attached hydrogen (secondary N) is 3. The number of H-pyrrole nitrogens is 1. The van der Waals surface area contributed by atoms with Crippen molar-refractivity contribution in [3.05, 3.63) is 88.5 Å². The van der Waals surface area contributed by atoms with Gasteiger partial charge in [0.2, 0.25) is 11.9 Å². The third-order valence-corrected chi connectivity index (χ3v) is 5.57. The average molecular weight is 459 g/mol. The molecule has 33 heavy (non-hydrogen) atoms. The van der Waals surface area contributed by atoms with Crippen molar-refractivity contribution < 1.29 is 0 Å². The molecule has 0 aliphatic rings. The third kappa shape index (κ3) is 4.80. The van der Waals surface area contributed by atoms with Gasteiger partial charge >= 0.3 is 0 Å². The number of benzene rings is 2. The molecule has 0 atom stereocenters. The molecular formula is C24H23ClN8. The zero-order valence-corrected chi connectivity index (χ0v) is 19.1. The van der Waals surface area contributed by atoms with Gasteiger partial charge in [-0.25, -0.2) is 15.0 Å². The molecule has 2 aromatic carbocycles. The summed E-state index contributed by atoms with van der Waals surface area (Å²) in [6.07, 6.45) is 3.91. The van der Waals surface area contributed by atoms with E-state index in [1.165, 1.54) is 5.56 Å². The Morgan fingerprint density at radius 1 is 1.00 bits per heavy atom. The van der Waals surface area contributed by atoms with Crippen LogP contribution in [0.3, 0.4) is 0 Å². The highest BCUT2D eigenvalue weighted by atomic mass is 35.5. The van der Waals surface area contributed by atoms with Gasteiger partial charge < -0.3 is 15.2 Å². The monoisotopic (exact) mass is 458 g/mol. The molecule has 0 bridgehead atoms. The summed E-state index contributed by atoms with van der Waals surface area (Å²) in [5.41, 5.74) is 7.40. The van der Waals surface area contributed by atoms with Crippen LogP contribution < -0.4 is 10.6 Å². The fourth-order valence-electron chi connectivity index (χ4n) is 3.67. The molecule has 0 aliphatic heterocycles. The highest BCUT2D eigenvalue weighted by molar-refractivity contribution is 6.30. The summed E-state index contributed by atoms with van der Waals surface area (Å²) < 4.78 is 2.09. The SMILES string of the molecule is Cc1cc(Cc2ccc3nc(NCc4ccc(Nc5ncc(Cl)cn5)cc4)n(C)c3c2)n[nH]1. The molecule has 5 aromatic rings. The number of hydrogen-bond acceptors (Lipinski definition) is 6. The Hall–Kier alpha value is -3.91. The minimum absolute atomic E-state index is 0.506. The molecule has 8 nitrogen and oxygen atoms in total. The van der Waals surface area contributed by atoms with Crippen LogP contribution >= 0.6 is 11.6 Å². The van der Waals surface area contributed by atoms with Gasteiger partial charge in [0.1, 0.15) is 0 Å². The van der Waals surface area contributed by atoms with Gasteiger partial charge in [0.25, 0.3) is 0 Å². The Labute approximate surface area is 196 Å². The molecule has 0 unspecified atom stereocenters. The Morgan fingerprint density at radius 3 is 2.48 bits per heavy atom. The molecule has 0 aliphatic carbocycles. The second-order valence-electron chi connectivity index (χ2n) is 7.94. The molecule has 3 N–H and O–H groups in total. The van der Waals surface area contributed by atoms with E-state index in [2.05, 4.69) is 71.8 Å². The fourth-order valence-corrected chi connectivity index (χ4v) is 3.77. The number of nitrogens with zero attached hydrogens (tertiary/aromatic N) is 5. The predicted molar refractivity (Wildman–Crippen MR) is 131 cm³/mol. The van der Waals surface area contributed by atoms with Crippen molar-refractivity contribution in [1.82, 2.24) is 29.7 Å². The summed E-state index contributed by atoms with van der Waals surface area (Å²) >= 11 is 5.83. The van der Waals surface area contributed by atoms with E-state index in [1.807, 2.05) is 26.1 Å². The van der Waals surface area contributed by atoms with Crippen molar-refractivity contribution >= 4 is 40.2 Å². The van der Waals surface area contributed by atoms with Crippen LogP contribution in [0, 0.1) is 6.92 Å². The Morgan fingerprint density at radius 2 is 1.76 bits per heavy atom. The number of rotatable bonds is 7. The molecule has 3 heterocycles. The van der Waals surface area contributed by atoms with Crippen LogP contribution in [0.1, 0.15) is 22.5 Å². The van der Waals surface area contributed by atoms with E-state index in [9.17, 15) is 0 Å². The maximum atomic E-state index is 5.83. The highest BCUT2D eigenvalue weighted by Crippen LogP contribution is 2.22. The second kappa shape index (κ2) is 8.91. The molecule has 0 fully saturated rings. The van der Waals surface area contributed by atoms with E-state index < -0.39 is 0 Å². The molecule has 3 aromatic heterocycles. The van der Waals surface area contributed by atoms with Crippen molar-refractivity contribution in [2.45, 2.75) is 19.9 Å². The topological polar surface area (TPSA) is 96.3 Å². The number of aromatic nitrogens is 6. The lowest BCUT2D eigenvalue weighted by atomic mass is 10.1. The molecule has 9 heteroatoms. The maximum absolute atomic E-state index is 5.83. The van der Waals surface area contributed by atoms with Gasteiger partial charge in [-0.3, -0.25) is 5.10 Å². The zero-order valence-electron chi connectivity index (χ0n) is 18.3. The van der Waals surface area contributed by atoms with Crippen LogP contribution in [0.4, 0.5) is 17.6 Å². The van der Waals surface area contributed by atoms with Crippen LogP contribution in [0.2, 0.25) is 5.02 Å². The van der Waals surface area contributed by atoms with Crippen molar-refractivity contribution in [2.24, 2.45) is 7.05 Å². The number of aryl methyl sites for hydroxylation is 2.